The molecule has 0 radical (unpaired) electrons. The van der Waals surface area contributed by atoms with Gasteiger partial charge in [-0.25, -0.2) is 4.98 Å². The van der Waals surface area contributed by atoms with E-state index in [1.807, 2.05) is 13.8 Å². The minimum atomic E-state index is -1.46. The highest BCUT2D eigenvalue weighted by Crippen LogP contribution is 2.27. The number of hydrogen-bond acceptors (Lipinski definition) is 9. The molecule has 0 spiro atoms. The zero-order valence-electron chi connectivity index (χ0n) is 23.9. The van der Waals surface area contributed by atoms with Gasteiger partial charge in [0.15, 0.2) is 0 Å². The van der Waals surface area contributed by atoms with Crippen LogP contribution in [0.4, 0.5) is 0 Å². The number of rotatable bonds is 6. The van der Waals surface area contributed by atoms with Crippen molar-refractivity contribution in [3.8, 4) is 0 Å². The Kier molecular flexibility index (Phi) is 11.5. The monoisotopic (exact) mass is 602 g/mol. The zero-order chi connectivity index (χ0) is 31.0. The van der Waals surface area contributed by atoms with Crippen molar-refractivity contribution in [2.45, 2.75) is 76.9 Å². The van der Waals surface area contributed by atoms with Crippen molar-refractivity contribution in [2.24, 2.45) is 5.92 Å². The fourth-order valence-electron chi connectivity index (χ4n) is 4.32. The molecular weight excluding hydrogens is 564 g/mol. The van der Waals surface area contributed by atoms with Crippen molar-refractivity contribution < 1.29 is 34.2 Å². The SMILES string of the molecule is CC[C@H](C)[C@@H]1NC(=O)[C@H]([C@@H](C)O)NC(=O)[C@H](Cc2ccccc2)NC(=O)[C@H]([C@@H](C)O)NC(=O)CNC(=O)c2csc1n2. The predicted molar refractivity (Wildman–Crippen MR) is 154 cm³/mol. The minimum absolute atomic E-state index is 0.0144. The first kappa shape index (κ1) is 32.6. The Labute approximate surface area is 247 Å². The molecule has 2 bridgehead atoms. The van der Waals surface area contributed by atoms with Crippen LogP contribution in [0, 0.1) is 5.92 Å². The Morgan fingerprint density at radius 1 is 0.857 bits per heavy atom. The molecule has 1 aliphatic rings. The molecule has 0 saturated carbocycles. The summed E-state index contributed by atoms with van der Waals surface area (Å²) in [4.78, 5) is 69.9. The van der Waals surface area contributed by atoms with Crippen LogP contribution in [0.15, 0.2) is 35.7 Å². The van der Waals surface area contributed by atoms with Gasteiger partial charge in [-0.2, -0.15) is 0 Å². The van der Waals surface area contributed by atoms with Crippen molar-refractivity contribution in [3.05, 3.63) is 52.0 Å². The van der Waals surface area contributed by atoms with Gasteiger partial charge in [-0.1, -0.05) is 50.6 Å². The molecule has 7 N–H and O–H groups in total. The summed E-state index contributed by atoms with van der Waals surface area (Å²) in [6.45, 7) is 5.96. The summed E-state index contributed by atoms with van der Waals surface area (Å²) >= 11 is 1.15. The highest BCUT2D eigenvalue weighted by Gasteiger charge is 2.35. The van der Waals surface area contributed by atoms with Crippen LogP contribution >= 0.6 is 11.3 Å². The standard InChI is InChI=1S/C28H38N6O7S/c1-5-14(2)21-28-31-19(13-42-28)24(38)29-12-20(37)32-22(15(3)35)26(40)30-18(11-17-9-7-6-8-10-17)25(39)34-23(16(4)36)27(41)33-21/h6-10,13-16,18,21-23,35-36H,5,11-12H2,1-4H3,(H,29,38)(H,30,40)(H,32,37)(H,33,41)(H,34,39)/t14-,15+,16+,18-,21-,22-,23-/m0/s1. The molecule has 1 aromatic heterocycles. The third-order valence-corrected chi connectivity index (χ3v) is 7.93. The number of hydrogen-bond donors (Lipinski definition) is 7. The lowest BCUT2D eigenvalue weighted by Crippen LogP contribution is -2.61. The largest absolute Gasteiger partial charge is 0.391 e. The van der Waals surface area contributed by atoms with Gasteiger partial charge in [0.2, 0.25) is 23.6 Å². The first-order valence-corrected chi connectivity index (χ1v) is 14.6. The van der Waals surface area contributed by atoms with Crippen LogP contribution in [-0.2, 0) is 25.6 Å². The van der Waals surface area contributed by atoms with Crippen LogP contribution < -0.4 is 26.6 Å². The minimum Gasteiger partial charge on any atom is -0.391 e. The van der Waals surface area contributed by atoms with E-state index in [2.05, 4.69) is 31.6 Å². The van der Waals surface area contributed by atoms with Crippen molar-refractivity contribution >= 4 is 40.9 Å². The highest BCUT2D eigenvalue weighted by atomic mass is 32.1. The van der Waals surface area contributed by atoms with Gasteiger partial charge >= 0.3 is 0 Å². The van der Waals surface area contributed by atoms with Crippen LogP contribution in [0.1, 0.15) is 61.2 Å². The average molecular weight is 603 g/mol. The molecule has 0 unspecified atom stereocenters. The first-order valence-electron chi connectivity index (χ1n) is 13.7. The van der Waals surface area contributed by atoms with E-state index in [0.717, 1.165) is 11.3 Å². The molecule has 0 fully saturated rings. The van der Waals surface area contributed by atoms with Gasteiger partial charge in [0.1, 0.15) is 28.8 Å². The van der Waals surface area contributed by atoms with E-state index in [1.165, 1.54) is 19.2 Å². The number of carbonyl (C=O) groups excluding carboxylic acids is 5. The second-order valence-corrected chi connectivity index (χ2v) is 11.3. The lowest BCUT2D eigenvalue weighted by Gasteiger charge is -2.29. The van der Waals surface area contributed by atoms with Crippen LogP contribution in [0.25, 0.3) is 0 Å². The lowest BCUT2D eigenvalue weighted by molar-refractivity contribution is -0.136. The number of carbonyl (C=O) groups is 5. The first-order chi connectivity index (χ1) is 19.9. The van der Waals surface area contributed by atoms with Crippen LogP contribution in [-0.4, -0.2) is 81.6 Å². The summed E-state index contributed by atoms with van der Waals surface area (Å²) in [5.41, 5.74) is 0.718. The lowest BCUT2D eigenvalue weighted by atomic mass is 9.98. The maximum atomic E-state index is 13.5. The Morgan fingerprint density at radius 2 is 1.45 bits per heavy atom. The normalized spacial score (nSPS) is 25.0. The van der Waals surface area contributed by atoms with Gasteiger partial charge in [-0.05, 0) is 25.3 Å². The Morgan fingerprint density at radius 3 is 2.07 bits per heavy atom. The molecule has 228 valence electrons. The van der Waals surface area contributed by atoms with E-state index in [1.54, 1.807) is 30.3 Å². The summed E-state index contributed by atoms with van der Waals surface area (Å²) in [6.07, 6.45) is -2.01. The Bertz CT molecular complexity index is 1270. The second-order valence-electron chi connectivity index (χ2n) is 10.4. The van der Waals surface area contributed by atoms with Gasteiger partial charge in [-0.3, -0.25) is 24.0 Å². The zero-order valence-corrected chi connectivity index (χ0v) is 24.7. The van der Waals surface area contributed by atoms with Crippen molar-refractivity contribution in [2.75, 3.05) is 6.54 Å². The van der Waals surface area contributed by atoms with Crippen LogP contribution in [0.3, 0.4) is 0 Å². The van der Waals surface area contributed by atoms with Gasteiger partial charge in [-0.15, -0.1) is 11.3 Å². The summed E-state index contributed by atoms with van der Waals surface area (Å²) in [6, 6.07) is 4.07. The molecule has 5 amide bonds. The molecule has 0 aliphatic carbocycles. The van der Waals surface area contributed by atoms with Crippen LogP contribution in [0.2, 0.25) is 0 Å². The summed E-state index contributed by atoms with van der Waals surface area (Å²) in [5.74, 6) is -3.80. The van der Waals surface area contributed by atoms with E-state index in [4.69, 9.17) is 0 Å². The third-order valence-electron chi connectivity index (χ3n) is 7.00. The Hall–Kier alpha value is -3.88. The van der Waals surface area contributed by atoms with E-state index in [0.29, 0.717) is 17.0 Å². The van der Waals surface area contributed by atoms with Gasteiger partial charge < -0.3 is 36.8 Å². The molecule has 42 heavy (non-hydrogen) atoms. The number of benzene rings is 1. The Balaban J connectivity index is 2.02. The van der Waals surface area contributed by atoms with Gasteiger partial charge in [0.25, 0.3) is 5.91 Å². The van der Waals surface area contributed by atoms with Crippen LogP contribution in [0.5, 0.6) is 0 Å². The second kappa shape index (κ2) is 14.8. The predicted octanol–water partition coefficient (Wildman–Crippen LogP) is -0.451. The van der Waals surface area contributed by atoms with E-state index < -0.39 is 72.5 Å². The molecule has 14 heteroatoms. The summed E-state index contributed by atoms with van der Waals surface area (Å²) < 4.78 is 0. The number of nitrogens with zero attached hydrogens (tertiary/aromatic N) is 1. The molecule has 13 nitrogen and oxygen atoms in total. The van der Waals surface area contributed by atoms with Crippen molar-refractivity contribution in [1.29, 1.82) is 0 Å². The number of amides is 5. The maximum Gasteiger partial charge on any atom is 0.271 e. The molecule has 0 saturated heterocycles. The smallest absolute Gasteiger partial charge is 0.271 e. The van der Waals surface area contributed by atoms with E-state index in [9.17, 15) is 34.2 Å². The molecule has 2 heterocycles. The molecular formula is C28H38N6O7S. The number of aromatic nitrogens is 1. The maximum absolute atomic E-state index is 13.5. The third kappa shape index (κ3) is 8.57. The molecule has 2 aromatic rings. The number of nitrogens with one attached hydrogen (secondary N) is 5. The van der Waals surface area contributed by atoms with Gasteiger partial charge in [0, 0.05) is 11.8 Å². The fourth-order valence-corrected chi connectivity index (χ4v) is 5.30. The van der Waals surface area contributed by atoms with Gasteiger partial charge in [0.05, 0.1) is 24.8 Å². The number of aliphatic hydroxyl groups excluding tert-OH is 2. The number of aliphatic hydroxyl groups is 2. The van der Waals surface area contributed by atoms with Crippen molar-refractivity contribution in [3.63, 3.8) is 0 Å². The average Bonchev–Trinajstić information content (AvgIpc) is 3.45. The fraction of sp³-hybridized carbons (Fsp3) is 0.500. The molecule has 1 aromatic carbocycles. The van der Waals surface area contributed by atoms with Crippen molar-refractivity contribution in [1.82, 2.24) is 31.6 Å². The molecule has 3 rings (SSSR count). The quantitative estimate of drug-likeness (QED) is 0.231. The number of thiazole rings is 1. The highest BCUT2D eigenvalue weighted by molar-refractivity contribution is 7.09. The molecule has 7 atom stereocenters. The summed E-state index contributed by atoms with van der Waals surface area (Å²) in [7, 11) is 0. The van der Waals surface area contributed by atoms with E-state index in [-0.39, 0.29) is 18.0 Å². The molecule has 1 aliphatic heterocycles. The number of fused-ring (bicyclic) bond motifs is 2. The van der Waals surface area contributed by atoms with E-state index >= 15 is 0 Å². The summed E-state index contributed by atoms with van der Waals surface area (Å²) in [5, 5.41) is 35.5. The topological polar surface area (TPSA) is 199 Å².